The molecule has 2 heterocycles. The number of amides is 1. The number of hydrogen-bond acceptors (Lipinski definition) is 5. The molecule has 0 atom stereocenters. The minimum absolute atomic E-state index is 0.155. The number of aromatic nitrogens is 3. The third kappa shape index (κ3) is 2.49. The zero-order valence-electron chi connectivity index (χ0n) is 10.0. The molecule has 1 amide bonds. The van der Waals surface area contributed by atoms with Crippen molar-refractivity contribution in [3.63, 3.8) is 0 Å². The molecule has 3 rings (SSSR count). The summed E-state index contributed by atoms with van der Waals surface area (Å²) < 4.78 is 10.4. The zero-order chi connectivity index (χ0) is 13.1. The van der Waals surface area contributed by atoms with E-state index in [1.807, 2.05) is 0 Å². The van der Waals surface area contributed by atoms with E-state index in [0.29, 0.717) is 30.0 Å². The molecule has 1 aliphatic heterocycles. The van der Waals surface area contributed by atoms with Gasteiger partial charge in [-0.2, -0.15) is 5.10 Å². The van der Waals surface area contributed by atoms with Gasteiger partial charge in [-0.25, -0.2) is 4.98 Å². The van der Waals surface area contributed by atoms with Gasteiger partial charge in [-0.3, -0.25) is 9.89 Å². The van der Waals surface area contributed by atoms with Crippen molar-refractivity contribution in [2.75, 3.05) is 13.3 Å². The number of H-pyrrole nitrogens is 1. The maximum absolute atomic E-state index is 11.9. The Hall–Kier alpha value is -2.57. The van der Waals surface area contributed by atoms with Crippen LogP contribution < -0.4 is 14.8 Å². The molecule has 0 bridgehead atoms. The van der Waals surface area contributed by atoms with E-state index in [2.05, 4.69) is 20.5 Å². The van der Waals surface area contributed by atoms with Crippen LogP contribution in [0, 0.1) is 0 Å². The van der Waals surface area contributed by atoms with Crippen LogP contribution >= 0.6 is 0 Å². The summed E-state index contributed by atoms with van der Waals surface area (Å²) in [6.45, 7) is 0.689. The number of ether oxygens (including phenoxy) is 2. The maximum atomic E-state index is 11.9. The van der Waals surface area contributed by atoms with Crippen molar-refractivity contribution in [3.8, 4) is 11.5 Å². The van der Waals surface area contributed by atoms with Crippen LogP contribution in [0.25, 0.3) is 0 Å². The minimum Gasteiger partial charge on any atom is -0.454 e. The lowest BCUT2D eigenvalue weighted by Crippen LogP contribution is -2.25. The predicted molar refractivity (Wildman–Crippen MR) is 65.0 cm³/mol. The summed E-state index contributed by atoms with van der Waals surface area (Å²) in [5, 5.41) is 9.28. The monoisotopic (exact) mass is 260 g/mol. The van der Waals surface area contributed by atoms with Gasteiger partial charge in [0.15, 0.2) is 11.5 Å². The maximum Gasteiger partial charge on any atom is 0.251 e. The molecule has 1 aromatic carbocycles. The molecule has 7 heteroatoms. The summed E-state index contributed by atoms with van der Waals surface area (Å²) in [6, 6.07) is 5.11. The molecule has 0 unspecified atom stereocenters. The minimum atomic E-state index is -0.155. The molecule has 1 aromatic heterocycles. The highest BCUT2D eigenvalue weighted by Gasteiger charge is 2.15. The number of nitrogens with one attached hydrogen (secondary N) is 2. The molecule has 2 aromatic rings. The van der Waals surface area contributed by atoms with E-state index in [1.165, 1.54) is 6.33 Å². The van der Waals surface area contributed by atoms with Crippen molar-refractivity contribution in [3.05, 3.63) is 35.9 Å². The van der Waals surface area contributed by atoms with Gasteiger partial charge in [0.2, 0.25) is 6.79 Å². The summed E-state index contributed by atoms with van der Waals surface area (Å²) in [5.74, 6) is 1.85. The van der Waals surface area contributed by atoms with Gasteiger partial charge in [0.1, 0.15) is 12.2 Å². The Labute approximate surface area is 108 Å². The van der Waals surface area contributed by atoms with Crippen LogP contribution in [0.4, 0.5) is 0 Å². The molecule has 0 saturated carbocycles. The van der Waals surface area contributed by atoms with Gasteiger partial charge in [-0.05, 0) is 18.2 Å². The second kappa shape index (κ2) is 4.97. The molecule has 0 radical (unpaired) electrons. The van der Waals surface area contributed by atoms with Crippen molar-refractivity contribution >= 4 is 5.91 Å². The number of nitrogens with zero attached hydrogens (tertiary/aromatic N) is 2. The number of rotatable bonds is 4. The fourth-order valence-corrected chi connectivity index (χ4v) is 1.79. The van der Waals surface area contributed by atoms with Crippen molar-refractivity contribution in [2.24, 2.45) is 0 Å². The second-order valence-electron chi connectivity index (χ2n) is 4.01. The SMILES string of the molecule is O=C(NCCc1ncn[nH]1)c1ccc2c(c1)OCO2. The first kappa shape index (κ1) is 11.5. The first-order valence-electron chi connectivity index (χ1n) is 5.85. The summed E-state index contributed by atoms with van der Waals surface area (Å²) in [5.41, 5.74) is 0.543. The van der Waals surface area contributed by atoms with Crippen LogP contribution in [0.5, 0.6) is 11.5 Å². The molecular weight excluding hydrogens is 248 g/mol. The largest absolute Gasteiger partial charge is 0.454 e. The van der Waals surface area contributed by atoms with Crippen molar-refractivity contribution in [2.45, 2.75) is 6.42 Å². The topological polar surface area (TPSA) is 89.1 Å². The van der Waals surface area contributed by atoms with E-state index in [9.17, 15) is 4.79 Å². The van der Waals surface area contributed by atoms with Crippen LogP contribution in [0.15, 0.2) is 24.5 Å². The third-order valence-corrected chi connectivity index (χ3v) is 2.75. The van der Waals surface area contributed by atoms with Crippen molar-refractivity contribution < 1.29 is 14.3 Å². The highest BCUT2D eigenvalue weighted by molar-refractivity contribution is 5.94. The van der Waals surface area contributed by atoms with Gasteiger partial charge < -0.3 is 14.8 Å². The van der Waals surface area contributed by atoms with E-state index in [-0.39, 0.29) is 12.7 Å². The molecule has 2 N–H and O–H groups in total. The lowest BCUT2D eigenvalue weighted by molar-refractivity contribution is 0.0953. The summed E-state index contributed by atoms with van der Waals surface area (Å²) in [4.78, 5) is 15.9. The van der Waals surface area contributed by atoms with E-state index >= 15 is 0 Å². The third-order valence-electron chi connectivity index (χ3n) is 2.75. The Morgan fingerprint density at radius 3 is 3.11 bits per heavy atom. The molecule has 1 aliphatic rings. The van der Waals surface area contributed by atoms with E-state index < -0.39 is 0 Å². The molecule has 98 valence electrons. The van der Waals surface area contributed by atoms with E-state index in [0.717, 1.165) is 5.82 Å². The quantitative estimate of drug-likeness (QED) is 0.835. The fourth-order valence-electron chi connectivity index (χ4n) is 1.79. The number of fused-ring (bicyclic) bond motifs is 1. The Kier molecular flexibility index (Phi) is 3.01. The van der Waals surface area contributed by atoms with Crippen LogP contribution in [0.2, 0.25) is 0 Å². The molecule has 7 nitrogen and oxygen atoms in total. The normalized spacial score (nSPS) is 12.4. The summed E-state index contributed by atoms with van der Waals surface area (Å²) >= 11 is 0. The van der Waals surface area contributed by atoms with Crippen molar-refractivity contribution in [1.29, 1.82) is 0 Å². The van der Waals surface area contributed by atoms with Crippen LogP contribution in [-0.4, -0.2) is 34.4 Å². The predicted octanol–water partition coefficient (Wildman–Crippen LogP) is 0.506. The molecule has 19 heavy (non-hydrogen) atoms. The second-order valence-corrected chi connectivity index (χ2v) is 4.01. The Balaban J connectivity index is 1.58. The highest BCUT2D eigenvalue weighted by atomic mass is 16.7. The van der Waals surface area contributed by atoms with Gasteiger partial charge in [-0.1, -0.05) is 0 Å². The Morgan fingerprint density at radius 2 is 2.26 bits per heavy atom. The molecule has 0 aliphatic carbocycles. The lowest BCUT2D eigenvalue weighted by atomic mass is 10.2. The first-order chi connectivity index (χ1) is 9.33. The number of aromatic amines is 1. The summed E-state index contributed by atoms with van der Waals surface area (Å²) in [6.07, 6.45) is 2.05. The van der Waals surface area contributed by atoms with Gasteiger partial charge in [0.25, 0.3) is 5.91 Å². The van der Waals surface area contributed by atoms with Crippen LogP contribution in [0.1, 0.15) is 16.2 Å². The first-order valence-corrected chi connectivity index (χ1v) is 5.85. The number of benzene rings is 1. The molecule has 0 saturated heterocycles. The molecule has 0 spiro atoms. The van der Waals surface area contributed by atoms with Gasteiger partial charge >= 0.3 is 0 Å². The van der Waals surface area contributed by atoms with Crippen LogP contribution in [0.3, 0.4) is 0 Å². The van der Waals surface area contributed by atoms with Gasteiger partial charge in [0, 0.05) is 18.5 Å². The highest BCUT2D eigenvalue weighted by Crippen LogP contribution is 2.32. The van der Waals surface area contributed by atoms with E-state index in [4.69, 9.17) is 9.47 Å². The average molecular weight is 260 g/mol. The van der Waals surface area contributed by atoms with E-state index in [1.54, 1.807) is 18.2 Å². The average Bonchev–Trinajstić information content (AvgIpc) is 3.08. The standard InChI is InChI=1S/C12H12N4O3/c17-12(13-4-3-11-14-6-15-16-11)8-1-2-9-10(5-8)19-7-18-9/h1-2,5-6H,3-4,7H2,(H,13,17)(H,14,15,16). The molecule has 0 fully saturated rings. The van der Waals surface area contributed by atoms with Crippen molar-refractivity contribution in [1.82, 2.24) is 20.5 Å². The number of carbonyl (C=O) groups excluding carboxylic acids is 1. The Bertz CT molecular complexity index is 583. The van der Waals surface area contributed by atoms with Gasteiger partial charge in [0.05, 0.1) is 0 Å². The fraction of sp³-hybridized carbons (Fsp3) is 0.250. The molecular formula is C12H12N4O3. The Morgan fingerprint density at radius 1 is 1.37 bits per heavy atom. The number of hydrogen-bond donors (Lipinski definition) is 2. The van der Waals surface area contributed by atoms with Gasteiger partial charge in [-0.15, -0.1) is 0 Å². The number of carbonyl (C=O) groups is 1. The zero-order valence-corrected chi connectivity index (χ0v) is 10.0. The smallest absolute Gasteiger partial charge is 0.251 e. The lowest BCUT2D eigenvalue weighted by Gasteiger charge is -2.04. The summed E-state index contributed by atoms with van der Waals surface area (Å²) in [7, 11) is 0. The van der Waals surface area contributed by atoms with Crippen LogP contribution in [-0.2, 0) is 6.42 Å².